The summed E-state index contributed by atoms with van der Waals surface area (Å²) in [4.78, 5) is 24.1. The van der Waals surface area contributed by atoms with Crippen molar-refractivity contribution < 1.29 is 14.3 Å². The Balaban J connectivity index is 3.67. The minimum atomic E-state index is -0.329. The third-order valence-electron chi connectivity index (χ3n) is 1.97. The van der Waals surface area contributed by atoms with Crippen molar-refractivity contribution in [1.82, 2.24) is 10.2 Å². The van der Waals surface area contributed by atoms with E-state index in [4.69, 9.17) is 4.74 Å². The average molecular weight is 216 g/mol. The lowest BCUT2D eigenvalue weighted by Gasteiger charge is -2.18. The van der Waals surface area contributed by atoms with Crippen molar-refractivity contribution in [2.45, 2.75) is 20.8 Å². The van der Waals surface area contributed by atoms with Gasteiger partial charge in [0.25, 0.3) is 0 Å². The Morgan fingerprint density at radius 3 is 2.20 bits per heavy atom. The number of hydrogen-bond acceptors (Lipinski definition) is 4. The van der Waals surface area contributed by atoms with Crippen LogP contribution in [0.15, 0.2) is 0 Å². The molecule has 0 fully saturated rings. The molecular formula is C10H20N2O3. The number of carbonyl (C=O) groups excluding carboxylic acids is 2. The highest BCUT2D eigenvalue weighted by Gasteiger charge is 2.09. The molecule has 0 aliphatic rings. The molecule has 15 heavy (non-hydrogen) atoms. The summed E-state index contributed by atoms with van der Waals surface area (Å²) in [6.07, 6.45) is 0. The number of nitrogens with one attached hydrogen (secondary N) is 1. The zero-order valence-electron chi connectivity index (χ0n) is 9.71. The molecule has 0 saturated heterocycles. The predicted octanol–water partition coefficient (Wildman–Crippen LogP) is 0.00750. The first-order chi connectivity index (χ1) is 7.15. The molecule has 0 radical (unpaired) electrons. The second-order valence-electron chi connectivity index (χ2n) is 2.97. The van der Waals surface area contributed by atoms with E-state index in [1.54, 1.807) is 11.8 Å². The van der Waals surface area contributed by atoms with Gasteiger partial charge in [0.1, 0.15) is 0 Å². The van der Waals surface area contributed by atoms with Gasteiger partial charge < -0.3 is 9.64 Å². The molecule has 0 aromatic rings. The Hall–Kier alpha value is -1.10. The SMILES string of the molecule is CCOC(=O)CNCC(=O)N(CC)CC. The van der Waals surface area contributed by atoms with E-state index in [1.165, 1.54) is 0 Å². The molecule has 0 aliphatic heterocycles. The number of hydrogen-bond donors (Lipinski definition) is 1. The lowest BCUT2D eigenvalue weighted by molar-refractivity contribution is -0.142. The maximum atomic E-state index is 11.5. The standard InChI is InChI=1S/C10H20N2O3/c1-4-12(5-2)9(13)7-11-8-10(14)15-6-3/h11H,4-8H2,1-3H3. The first-order valence-corrected chi connectivity index (χ1v) is 5.29. The molecule has 0 aliphatic carbocycles. The molecular weight excluding hydrogens is 196 g/mol. The topological polar surface area (TPSA) is 58.6 Å². The van der Waals surface area contributed by atoms with Gasteiger partial charge in [-0.15, -0.1) is 0 Å². The van der Waals surface area contributed by atoms with Gasteiger partial charge in [0.05, 0.1) is 19.7 Å². The third-order valence-corrected chi connectivity index (χ3v) is 1.97. The molecule has 0 rings (SSSR count). The van der Waals surface area contributed by atoms with E-state index in [2.05, 4.69) is 5.32 Å². The van der Waals surface area contributed by atoms with Crippen LogP contribution in [-0.4, -0.2) is 49.6 Å². The normalized spacial score (nSPS) is 9.80. The van der Waals surface area contributed by atoms with Crippen LogP contribution in [0.4, 0.5) is 0 Å². The average Bonchev–Trinajstić information content (AvgIpc) is 2.20. The molecule has 0 saturated carbocycles. The molecule has 0 bridgehead atoms. The highest BCUT2D eigenvalue weighted by atomic mass is 16.5. The van der Waals surface area contributed by atoms with Gasteiger partial charge in [0.15, 0.2) is 0 Å². The Morgan fingerprint density at radius 2 is 1.73 bits per heavy atom. The maximum absolute atomic E-state index is 11.5. The number of ether oxygens (including phenoxy) is 1. The third kappa shape index (κ3) is 6.06. The van der Waals surface area contributed by atoms with Crippen LogP contribution in [0.1, 0.15) is 20.8 Å². The molecule has 1 N–H and O–H groups in total. The molecule has 0 aromatic heterocycles. The van der Waals surface area contributed by atoms with Crippen LogP contribution in [0.3, 0.4) is 0 Å². The molecule has 0 unspecified atom stereocenters. The lowest BCUT2D eigenvalue weighted by Crippen LogP contribution is -2.39. The molecule has 0 atom stereocenters. The van der Waals surface area contributed by atoms with Crippen LogP contribution in [0.2, 0.25) is 0 Å². The van der Waals surface area contributed by atoms with Gasteiger partial charge in [-0.2, -0.15) is 0 Å². The van der Waals surface area contributed by atoms with Crippen molar-refractivity contribution in [3.8, 4) is 0 Å². The molecule has 1 amide bonds. The van der Waals surface area contributed by atoms with Gasteiger partial charge in [-0.1, -0.05) is 0 Å². The Kier molecular flexibility index (Phi) is 7.62. The van der Waals surface area contributed by atoms with E-state index in [9.17, 15) is 9.59 Å². The lowest BCUT2D eigenvalue weighted by atomic mass is 10.4. The molecule has 5 nitrogen and oxygen atoms in total. The van der Waals surface area contributed by atoms with E-state index in [0.29, 0.717) is 19.7 Å². The summed E-state index contributed by atoms with van der Waals surface area (Å²) in [7, 11) is 0. The fourth-order valence-electron chi connectivity index (χ4n) is 1.17. The molecule has 0 heterocycles. The van der Waals surface area contributed by atoms with Gasteiger partial charge in [-0.25, -0.2) is 0 Å². The zero-order chi connectivity index (χ0) is 11.7. The van der Waals surface area contributed by atoms with Gasteiger partial charge in [-0.3, -0.25) is 14.9 Å². The number of amides is 1. The summed E-state index contributed by atoms with van der Waals surface area (Å²) < 4.78 is 4.71. The Bertz CT molecular complexity index is 203. The van der Waals surface area contributed by atoms with Crippen LogP contribution in [0.25, 0.3) is 0 Å². The van der Waals surface area contributed by atoms with Crippen LogP contribution in [-0.2, 0) is 14.3 Å². The summed E-state index contributed by atoms with van der Waals surface area (Å²) in [6.45, 7) is 7.61. The van der Waals surface area contributed by atoms with E-state index in [1.807, 2.05) is 13.8 Å². The van der Waals surface area contributed by atoms with E-state index < -0.39 is 0 Å². The summed E-state index contributed by atoms with van der Waals surface area (Å²) in [5.41, 5.74) is 0. The Morgan fingerprint density at radius 1 is 1.13 bits per heavy atom. The molecule has 88 valence electrons. The fourth-order valence-corrected chi connectivity index (χ4v) is 1.17. The highest BCUT2D eigenvalue weighted by Crippen LogP contribution is 1.87. The number of nitrogens with zero attached hydrogens (tertiary/aromatic N) is 1. The molecule has 0 spiro atoms. The minimum absolute atomic E-state index is 0.00398. The second kappa shape index (κ2) is 8.23. The zero-order valence-corrected chi connectivity index (χ0v) is 9.71. The van der Waals surface area contributed by atoms with E-state index in [-0.39, 0.29) is 25.0 Å². The van der Waals surface area contributed by atoms with Crippen molar-refractivity contribution in [2.24, 2.45) is 0 Å². The van der Waals surface area contributed by atoms with Crippen LogP contribution in [0, 0.1) is 0 Å². The van der Waals surface area contributed by atoms with E-state index >= 15 is 0 Å². The van der Waals surface area contributed by atoms with Crippen molar-refractivity contribution in [3.63, 3.8) is 0 Å². The van der Waals surface area contributed by atoms with Crippen molar-refractivity contribution in [2.75, 3.05) is 32.8 Å². The van der Waals surface area contributed by atoms with Gasteiger partial charge in [0, 0.05) is 13.1 Å². The minimum Gasteiger partial charge on any atom is -0.465 e. The van der Waals surface area contributed by atoms with Gasteiger partial charge in [-0.05, 0) is 20.8 Å². The monoisotopic (exact) mass is 216 g/mol. The number of esters is 1. The summed E-state index contributed by atoms with van der Waals surface area (Å²) >= 11 is 0. The largest absolute Gasteiger partial charge is 0.465 e. The number of likely N-dealkylation sites (N-methyl/N-ethyl adjacent to an activating group) is 1. The van der Waals surface area contributed by atoms with Crippen LogP contribution in [0.5, 0.6) is 0 Å². The van der Waals surface area contributed by atoms with Crippen LogP contribution >= 0.6 is 0 Å². The number of rotatable bonds is 7. The summed E-state index contributed by atoms with van der Waals surface area (Å²) in [6, 6.07) is 0. The van der Waals surface area contributed by atoms with Crippen molar-refractivity contribution >= 4 is 11.9 Å². The van der Waals surface area contributed by atoms with E-state index in [0.717, 1.165) is 0 Å². The van der Waals surface area contributed by atoms with Crippen LogP contribution < -0.4 is 5.32 Å². The smallest absolute Gasteiger partial charge is 0.319 e. The quantitative estimate of drug-likeness (QED) is 0.609. The van der Waals surface area contributed by atoms with Gasteiger partial charge in [0.2, 0.25) is 5.91 Å². The predicted molar refractivity (Wildman–Crippen MR) is 57.4 cm³/mol. The van der Waals surface area contributed by atoms with Crippen molar-refractivity contribution in [3.05, 3.63) is 0 Å². The first kappa shape index (κ1) is 13.9. The number of carbonyl (C=O) groups is 2. The maximum Gasteiger partial charge on any atom is 0.319 e. The van der Waals surface area contributed by atoms with Crippen molar-refractivity contribution in [1.29, 1.82) is 0 Å². The summed E-state index contributed by atoms with van der Waals surface area (Å²) in [5.74, 6) is -0.325. The molecule has 5 heteroatoms. The Labute approximate surface area is 90.8 Å². The fraction of sp³-hybridized carbons (Fsp3) is 0.800. The molecule has 0 aromatic carbocycles. The highest BCUT2D eigenvalue weighted by molar-refractivity contribution is 5.79. The van der Waals surface area contributed by atoms with Gasteiger partial charge >= 0.3 is 5.97 Å². The first-order valence-electron chi connectivity index (χ1n) is 5.29. The summed E-state index contributed by atoms with van der Waals surface area (Å²) in [5, 5.41) is 2.75. The second-order valence-corrected chi connectivity index (χ2v) is 2.97.